The number of ether oxygens (including phenoxy) is 3. The summed E-state index contributed by atoms with van der Waals surface area (Å²) in [4.78, 5) is 111. The minimum absolute atomic E-state index is 0.0686. The number of amides is 6. The molecule has 0 radical (unpaired) electrons. The normalized spacial score (nSPS) is 12.6. The van der Waals surface area contributed by atoms with Crippen LogP contribution in [0.4, 0.5) is 0 Å². The van der Waals surface area contributed by atoms with E-state index in [1.165, 1.54) is 5.56 Å². The summed E-state index contributed by atoms with van der Waals surface area (Å²) >= 11 is 35.9. The van der Waals surface area contributed by atoms with Gasteiger partial charge in [-0.25, -0.2) is 0 Å². The Balaban J connectivity index is 0.000000122. The van der Waals surface area contributed by atoms with E-state index in [-0.39, 0.29) is 59.5 Å². The molecular weight excluding hydrogens is 2030 g/mol. The number of benzene rings is 10. The molecule has 758 valence electrons. The van der Waals surface area contributed by atoms with Gasteiger partial charge in [-0.3, -0.25) is 33.4 Å². The maximum atomic E-state index is 12.7. The van der Waals surface area contributed by atoms with Crippen molar-refractivity contribution in [1.29, 1.82) is 0 Å². The standard InChI is InChI=1S/C21H19ClN4O4.C19H15ClN4O2.C19H17ClN2O.C18H13ClN4O2.C16H17ClN4O3.C15H15ClN4O/c1-11(23-20(27)16-9-13-8-14(22)5-6-15(13)24-16)21-25-19(26-30-21)12-4-7-17(28-2)18(10-12)29-3;1-11(17-23-19(26-24-17)12-5-3-2-4-6-12)21-18(25)16-10-13-9-14(20)7-8-15(13)22-16;20-15-7-8-16-13(11-15)12-17(21-16)18(23)22-19(9-4-10-19)14-5-2-1-3-6-14;19-13-6-7-14-12(8-13)9-15(21-14)18(24)20-10-16-22-17(23-25-16)11-4-2-1-3-5-11;1-9(16-20-14(21-24-16)5-6-23-2)18-15(22)13-8-10-7-11(17)3-4-12(10)19-13;1-9(11-7-17-20(2)8-11)18-15(21)14-6-10-5-12(16)3-4-13(10)19-14/h4-11,24H,1-3H3,(H,23,27);2-11,22H,1H3,(H,21,25);1-3,5-8,11-12,21H,4,9-10H2,(H,22,23);1-9,21H,10H2,(H,20,24);3-4,7-9,19H,5-6H2,1-2H3,(H,18,22);3-9,19H,1-2H3,(H,18,21). The number of hydrogen-bond donors (Lipinski definition) is 12. The smallest absolute Gasteiger partial charge is 0.268 e. The third kappa shape index (κ3) is 25.9. The number of H-pyrrole nitrogens is 6. The number of nitrogens with one attached hydrogen (secondary N) is 12. The highest BCUT2D eigenvalue weighted by Gasteiger charge is 2.40. The molecule has 10 aromatic carbocycles. The molecule has 0 spiro atoms. The lowest BCUT2D eigenvalue weighted by molar-refractivity contribution is 0.0816. The summed E-state index contributed by atoms with van der Waals surface area (Å²) in [6.45, 7) is 7.94. The van der Waals surface area contributed by atoms with Gasteiger partial charge in [-0.05, 0) is 228 Å². The molecule has 4 unspecified atom stereocenters. The van der Waals surface area contributed by atoms with E-state index in [1.54, 1.807) is 156 Å². The summed E-state index contributed by atoms with van der Waals surface area (Å²) in [5.41, 5.74) is 12.3. The van der Waals surface area contributed by atoms with Gasteiger partial charge in [0.1, 0.15) is 46.2 Å². The summed E-state index contributed by atoms with van der Waals surface area (Å²) in [6.07, 6.45) is 7.29. The molecule has 22 rings (SSSR count). The fraction of sp³-hybridized carbons (Fsp3) is 0.176. The van der Waals surface area contributed by atoms with Gasteiger partial charge in [0.25, 0.3) is 41.3 Å². The maximum absolute atomic E-state index is 12.7. The molecule has 1 fully saturated rings. The third-order valence-corrected chi connectivity index (χ3v) is 25.5. The predicted octanol–water partition coefficient (Wildman–Crippen LogP) is 23.1. The van der Waals surface area contributed by atoms with Crippen LogP contribution in [0.2, 0.25) is 30.1 Å². The lowest BCUT2D eigenvalue weighted by Crippen LogP contribution is -2.50. The van der Waals surface area contributed by atoms with Gasteiger partial charge in [0.15, 0.2) is 23.1 Å². The molecular formula is C108H96Cl6N22O13. The van der Waals surface area contributed by atoms with Crippen LogP contribution >= 0.6 is 69.6 Å². The van der Waals surface area contributed by atoms with Crippen LogP contribution in [0.1, 0.15) is 175 Å². The molecule has 35 nitrogen and oxygen atoms in total. The zero-order valence-electron chi connectivity index (χ0n) is 81.0. The summed E-state index contributed by atoms with van der Waals surface area (Å²) in [6, 6.07) is 76.4. The average Bonchev–Trinajstić information content (AvgIpc) is 1.49. The predicted molar refractivity (Wildman–Crippen MR) is 569 cm³/mol. The Bertz CT molecular complexity index is 8330. The zero-order chi connectivity index (χ0) is 105. The van der Waals surface area contributed by atoms with Crippen LogP contribution in [0.5, 0.6) is 11.5 Å². The van der Waals surface area contributed by atoms with E-state index in [4.69, 9.17) is 102 Å². The molecule has 12 N–H and O–H groups in total. The number of carbonyl (C=O) groups excluding carboxylic acids is 6. The first-order valence-electron chi connectivity index (χ1n) is 46.8. The van der Waals surface area contributed by atoms with Gasteiger partial charge in [0, 0.05) is 145 Å². The van der Waals surface area contributed by atoms with Gasteiger partial charge in [0.05, 0.1) is 51.2 Å². The lowest BCUT2D eigenvalue weighted by Gasteiger charge is -2.43. The fourth-order valence-electron chi connectivity index (χ4n) is 16.1. The second-order valence-electron chi connectivity index (χ2n) is 34.7. The Morgan fingerprint density at radius 2 is 0.799 bits per heavy atom. The van der Waals surface area contributed by atoms with Crippen molar-refractivity contribution in [2.75, 3.05) is 27.9 Å². The number of rotatable bonds is 26. The zero-order valence-corrected chi connectivity index (χ0v) is 85.5. The van der Waals surface area contributed by atoms with Crippen LogP contribution in [0.15, 0.2) is 285 Å². The fourth-order valence-corrected chi connectivity index (χ4v) is 17.2. The maximum Gasteiger partial charge on any atom is 0.268 e. The Hall–Kier alpha value is -16.7. The Morgan fingerprint density at radius 1 is 0.396 bits per heavy atom. The summed E-state index contributed by atoms with van der Waals surface area (Å²) in [5, 5.41) is 46.5. The second-order valence-corrected chi connectivity index (χ2v) is 37.3. The SMILES string of the molecule is CC(NC(=O)c1cc2cc(Cl)ccc2[nH]1)c1cnn(C)c1.CC(NC(=O)c1cc2cc(Cl)ccc2[nH]1)c1noc(-c2ccccc2)n1.COCCc1noc(C(C)NC(=O)c2cc3cc(Cl)ccc3[nH]2)n1.COc1ccc(-c2noc(C(C)NC(=O)c3cc4cc(Cl)ccc4[nH]3)n2)cc1OC.O=C(NC1(c2ccccc2)CCC1)c1cc2cc(Cl)ccc2[nH]1.O=C(NCc1nc(-c2ccccc2)no1)c1cc2cc(Cl)ccc2[nH]1. The number of halogens is 6. The molecule has 0 bridgehead atoms. The first-order chi connectivity index (χ1) is 72.0. The molecule has 4 atom stereocenters. The quantitative estimate of drug-likeness (QED) is 0.0239. The van der Waals surface area contributed by atoms with Crippen molar-refractivity contribution < 1.29 is 61.1 Å². The second kappa shape index (κ2) is 47.2. The van der Waals surface area contributed by atoms with Crippen LogP contribution in [-0.2, 0) is 30.3 Å². The average molecular weight is 2120 g/mol. The van der Waals surface area contributed by atoms with Crippen molar-refractivity contribution in [3.63, 3.8) is 0 Å². The van der Waals surface area contributed by atoms with Crippen molar-refractivity contribution in [2.24, 2.45) is 7.05 Å². The van der Waals surface area contributed by atoms with Crippen molar-refractivity contribution >= 4 is 170 Å². The summed E-state index contributed by atoms with van der Waals surface area (Å²) in [5.74, 6) is 3.11. The molecule has 1 saturated carbocycles. The van der Waals surface area contributed by atoms with Crippen molar-refractivity contribution in [1.82, 2.24) is 112 Å². The molecule has 149 heavy (non-hydrogen) atoms. The van der Waals surface area contributed by atoms with Gasteiger partial charge >= 0.3 is 0 Å². The lowest BCUT2D eigenvalue weighted by atomic mass is 9.71. The van der Waals surface area contributed by atoms with Crippen LogP contribution in [0, 0.1) is 0 Å². The van der Waals surface area contributed by atoms with Gasteiger partial charge in [-0.2, -0.15) is 25.0 Å². The molecule has 11 heterocycles. The number of aromatic nitrogens is 16. The highest BCUT2D eigenvalue weighted by atomic mass is 35.5. The van der Waals surface area contributed by atoms with Crippen molar-refractivity contribution in [2.45, 2.75) is 89.6 Å². The van der Waals surface area contributed by atoms with Gasteiger partial charge < -0.3 is 94.1 Å². The minimum Gasteiger partial charge on any atom is -0.493 e. The molecule has 41 heteroatoms. The number of aryl methyl sites for hydroxylation is 1. The van der Waals surface area contributed by atoms with Crippen molar-refractivity contribution in [3.05, 3.63) is 372 Å². The van der Waals surface area contributed by atoms with E-state index in [1.807, 2.05) is 160 Å². The summed E-state index contributed by atoms with van der Waals surface area (Å²) < 4.78 is 38.2. The van der Waals surface area contributed by atoms with Crippen LogP contribution in [-0.4, -0.2) is 144 Å². The molecule has 21 aromatic rings. The largest absolute Gasteiger partial charge is 0.493 e. The number of carbonyl (C=O) groups is 6. The first kappa shape index (κ1) is 104. The number of nitrogens with zero attached hydrogens (tertiary/aromatic N) is 10. The minimum atomic E-state index is -0.492. The monoisotopic (exact) mass is 2120 g/mol. The number of hydrogen-bond acceptors (Lipinski definition) is 22. The molecule has 1 aliphatic carbocycles. The van der Waals surface area contributed by atoms with Crippen molar-refractivity contribution in [3.8, 4) is 45.7 Å². The first-order valence-corrected chi connectivity index (χ1v) is 49.0. The van der Waals surface area contributed by atoms with Gasteiger partial charge in [0.2, 0.25) is 29.3 Å². The Morgan fingerprint density at radius 3 is 1.23 bits per heavy atom. The molecule has 1 aliphatic rings. The topological polar surface area (TPSA) is 471 Å². The third-order valence-electron chi connectivity index (χ3n) is 24.1. The Kier molecular flexibility index (Phi) is 32.9. The summed E-state index contributed by atoms with van der Waals surface area (Å²) in [7, 11) is 6.58. The molecule has 11 aromatic heterocycles. The van der Waals surface area contributed by atoms with Gasteiger partial charge in [-0.15, -0.1) is 0 Å². The number of methoxy groups -OCH3 is 3. The Labute approximate surface area is 879 Å². The van der Waals surface area contributed by atoms with E-state index in [9.17, 15) is 28.8 Å². The number of aromatic amines is 6. The number of fused-ring (bicyclic) bond motifs is 6. The van der Waals surface area contributed by atoms with E-state index >= 15 is 0 Å². The van der Waals surface area contributed by atoms with E-state index in [0.717, 1.165) is 101 Å². The highest BCUT2D eigenvalue weighted by molar-refractivity contribution is 6.33. The van der Waals surface area contributed by atoms with Gasteiger partial charge in [-0.1, -0.05) is 169 Å². The van der Waals surface area contributed by atoms with E-state index < -0.39 is 18.1 Å². The van der Waals surface area contributed by atoms with E-state index in [2.05, 4.69) is 120 Å². The molecule has 0 aliphatic heterocycles. The van der Waals surface area contributed by atoms with Crippen LogP contribution < -0.4 is 41.4 Å². The van der Waals surface area contributed by atoms with Crippen LogP contribution in [0.3, 0.4) is 0 Å². The highest BCUT2D eigenvalue weighted by Crippen LogP contribution is 2.42. The molecule has 0 saturated heterocycles. The van der Waals surface area contributed by atoms with Crippen LogP contribution in [0.25, 0.3) is 99.6 Å². The molecule has 6 amide bonds. The van der Waals surface area contributed by atoms with E-state index in [0.29, 0.717) is 135 Å².